The molecule has 1 amide bonds. The maximum Gasteiger partial charge on any atom is 0.490 e. The summed E-state index contributed by atoms with van der Waals surface area (Å²) in [5.74, 6) is -4.21. The molecule has 0 radical (unpaired) electrons. The van der Waals surface area contributed by atoms with Crippen LogP contribution in [0.3, 0.4) is 0 Å². The fourth-order valence-corrected chi connectivity index (χ4v) is 3.92. The van der Waals surface area contributed by atoms with Gasteiger partial charge in [-0.3, -0.25) is 18.9 Å². The van der Waals surface area contributed by atoms with Crippen molar-refractivity contribution in [2.75, 3.05) is 4.72 Å². The van der Waals surface area contributed by atoms with Gasteiger partial charge in [0.15, 0.2) is 12.1 Å². The molecule has 222 valence electrons. The zero-order valence-electron chi connectivity index (χ0n) is 20.3. The van der Waals surface area contributed by atoms with E-state index >= 15 is 0 Å². The van der Waals surface area contributed by atoms with Crippen LogP contribution in [0.1, 0.15) is 24.2 Å². The molecule has 1 heterocycles. The number of primary amides is 1. The minimum atomic E-state index is -5.08. The van der Waals surface area contributed by atoms with Gasteiger partial charge in [-0.25, -0.2) is 13.2 Å². The first-order valence-corrected chi connectivity index (χ1v) is 11.8. The van der Waals surface area contributed by atoms with Crippen LogP contribution >= 0.6 is 0 Å². The highest BCUT2D eigenvalue weighted by molar-refractivity contribution is 7.92. The minimum absolute atomic E-state index is 0.224. The number of oxime groups is 1. The van der Waals surface area contributed by atoms with Gasteiger partial charge in [0, 0.05) is 5.69 Å². The lowest BCUT2D eigenvalue weighted by molar-refractivity contribution is -0.192. The second-order valence-electron chi connectivity index (χ2n) is 7.67. The molecule has 40 heavy (non-hydrogen) atoms. The van der Waals surface area contributed by atoms with Crippen molar-refractivity contribution < 1.29 is 54.3 Å². The lowest BCUT2D eigenvalue weighted by atomic mass is 10.1. The van der Waals surface area contributed by atoms with Gasteiger partial charge in [0.1, 0.15) is 5.69 Å². The largest absolute Gasteiger partial charge is 0.490 e. The fourth-order valence-electron chi connectivity index (χ4n) is 2.87. The molecule has 2 unspecified atom stereocenters. The third kappa shape index (κ3) is 9.06. The first-order valence-electron chi connectivity index (χ1n) is 10.4. The highest BCUT2D eigenvalue weighted by atomic mass is 32.2. The highest BCUT2D eigenvalue weighted by Crippen LogP contribution is 2.30. The molecule has 2 rings (SSSR count). The minimum Gasteiger partial charge on any atom is -0.475 e. The molecular weight excluding hydrogens is 582 g/mol. The number of aromatic nitrogens is 1. The molecule has 0 bridgehead atoms. The predicted molar refractivity (Wildman–Crippen MR) is 126 cm³/mol. The van der Waals surface area contributed by atoms with Crippen LogP contribution in [0.5, 0.6) is 0 Å². The normalized spacial score (nSPS) is 13.2. The lowest BCUT2D eigenvalue weighted by Crippen LogP contribution is -2.42. The topological polar surface area (TPSA) is 222 Å². The number of aliphatic carboxylic acids is 1. The van der Waals surface area contributed by atoms with E-state index < -0.39 is 74.1 Å². The Labute approximate surface area is 221 Å². The van der Waals surface area contributed by atoms with Crippen molar-refractivity contribution in [3.63, 3.8) is 0 Å². The van der Waals surface area contributed by atoms with Crippen molar-refractivity contribution in [2.24, 2.45) is 22.4 Å². The number of carboxylic acid groups (broad SMARTS) is 1. The molecule has 0 aliphatic heterocycles. The van der Waals surface area contributed by atoms with Crippen molar-refractivity contribution in [3.8, 4) is 0 Å². The maximum atomic E-state index is 13.0. The number of hydrogen-bond acceptors (Lipinski definition) is 7. The Morgan fingerprint density at radius 3 is 1.93 bits per heavy atom. The number of hydrogen-bond donors (Lipinski definition) is 5. The smallest absolute Gasteiger partial charge is 0.475 e. The van der Waals surface area contributed by atoms with E-state index in [1.165, 1.54) is 19.9 Å². The lowest BCUT2D eigenvalue weighted by Gasteiger charge is -2.24. The third-order valence-corrected chi connectivity index (χ3v) is 6.02. The number of alkyl halides is 6. The Bertz CT molecular complexity index is 1420. The molecule has 0 spiro atoms. The van der Waals surface area contributed by atoms with Crippen molar-refractivity contribution in [3.05, 3.63) is 58.0 Å². The molecular formula is C20H22F6N6O7S. The van der Waals surface area contributed by atoms with Crippen LogP contribution in [0.25, 0.3) is 0 Å². The Balaban J connectivity index is 0.00000101. The summed E-state index contributed by atoms with van der Waals surface area (Å²) in [6, 6.07) is 3.70. The van der Waals surface area contributed by atoms with Crippen molar-refractivity contribution >= 4 is 33.5 Å². The fraction of sp³-hybridized carbons (Fsp3) is 0.300. The molecule has 20 heteroatoms. The second-order valence-corrected chi connectivity index (χ2v) is 9.35. The number of sulfonamides is 1. The number of nitrogens with two attached hydrogens (primary N) is 3. The average Bonchev–Trinajstić information content (AvgIpc) is 2.81. The standard InChI is InChI=1S/C18H21F3N6O5S.C2HF3O2/c1-9-3-8-13(16(29)27(9)14(15(22)28)10(2)32-25-17(23)24)26-33(30,31)12-6-4-11(5-7-12)18(19,20)21;3-2(4,5)1(6)7/h3-8,10,14,26H,1-2H3,(H2,22,28)(H4,23,24,25);(H,6,7). The number of nitrogens with one attached hydrogen (secondary N) is 1. The monoisotopic (exact) mass is 604 g/mol. The first-order chi connectivity index (χ1) is 18.1. The van der Waals surface area contributed by atoms with E-state index in [-0.39, 0.29) is 5.69 Å². The molecule has 0 aliphatic carbocycles. The van der Waals surface area contributed by atoms with Gasteiger partial charge in [0.2, 0.25) is 11.9 Å². The number of guanidine groups is 1. The van der Waals surface area contributed by atoms with Gasteiger partial charge in [-0.2, -0.15) is 26.3 Å². The summed E-state index contributed by atoms with van der Waals surface area (Å²) >= 11 is 0. The molecule has 1 aromatic heterocycles. The van der Waals surface area contributed by atoms with Crippen LogP contribution in [0.4, 0.5) is 32.0 Å². The van der Waals surface area contributed by atoms with E-state index in [1.807, 2.05) is 4.72 Å². The zero-order valence-corrected chi connectivity index (χ0v) is 21.1. The van der Waals surface area contributed by atoms with Crippen LogP contribution in [-0.4, -0.2) is 48.2 Å². The summed E-state index contributed by atoms with van der Waals surface area (Å²) in [6.45, 7) is 2.81. The third-order valence-electron chi connectivity index (χ3n) is 4.64. The Kier molecular flexibility index (Phi) is 10.5. The van der Waals surface area contributed by atoms with Crippen molar-refractivity contribution in [1.29, 1.82) is 0 Å². The van der Waals surface area contributed by atoms with E-state index in [0.29, 0.717) is 12.1 Å². The highest BCUT2D eigenvalue weighted by Gasteiger charge is 2.38. The van der Waals surface area contributed by atoms with E-state index in [1.54, 1.807) is 0 Å². The summed E-state index contributed by atoms with van der Waals surface area (Å²) in [5, 5.41) is 10.4. The number of aryl methyl sites for hydroxylation is 1. The molecule has 0 saturated heterocycles. The van der Waals surface area contributed by atoms with Crippen LogP contribution < -0.4 is 27.5 Å². The molecule has 0 fully saturated rings. The van der Waals surface area contributed by atoms with Crippen LogP contribution in [0.2, 0.25) is 0 Å². The maximum absolute atomic E-state index is 13.0. The van der Waals surface area contributed by atoms with Gasteiger partial charge in [0.05, 0.1) is 10.5 Å². The number of carbonyl (C=O) groups excluding carboxylic acids is 1. The number of rotatable bonds is 8. The second kappa shape index (κ2) is 12.6. The molecule has 0 aliphatic rings. The van der Waals surface area contributed by atoms with E-state index in [2.05, 4.69) is 5.16 Å². The summed E-state index contributed by atoms with van der Waals surface area (Å²) < 4.78 is 98.1. The summed E-state index contributed by atoms with van der Waals surface area (Å²) in [5.41, 5.74) is 13.5. The van der Waals surface area contributed by atoms with Gasteiger partial charge in [-0.05, 0) is 55.4 Å². The SMILES string of the molecule is Cc1ccc(NS(=O)(=O)c2ccc(C(F)(F)F)cc2)c(=O)n1C(C(N)=O)C(C)ON=C(N)N.O=C(O)C(F)(F)F. The van der Waals surface area contributed by atoms with Crippen LogP contribution in [0, 0.1) is 6.92 Å². The number of anilines is 1. The van der Waals surface area contributed by atoms with Gasteiger partial charge in [-0.1, -0.05) is 0 Å². The van der Waals surface area contributed by atoms with E-state index in [0.717, 1.165) is 22.8 Å². The summed E-state index contributed by atoms with van der Waals surface area (Å²) in [6.07, 6.45) is -10.9. The Morgan fingerprint density at radius 1 is 1.02 bits per heavy atom. The predicted octanol–water partition coefficient (Wildman–Crippen LogP) is 1.23. The van der Waals surface area contributed by atoms with Gasteiger partial charge < -0.3 is 27.1 Å². The van der Waals surface area contributed by atoms with Crippen molar-refractivity contribution in [2.45, 2.75) is 43.2 Å². The molecule has 2 aromatic rings. The van der Waals surface area contributed by atoms with Gasteiger partial charge in [-0.15, -0.1) is 0 Å². The van der Waals surface area contributed by atoms with Crippen LogP contribution in [0.15, 0.2) is 51.2 Å². The number of carbonyl (C=O) groups is 2. The Hall–Kier alpha value is -4.49. The molecule has 2 atom stereocenters. The van der Waals surface area contributed by atoms with E-state index in [9.17, 15) is 44.3 Å². The average molecular weight is 604 g/mol. The number of carboxylic acids is 1. The van der Waals surface area contributed by atoms with Gasteiger partial charge in [0.25, 0.3) is 15.6 Å². The first kappa shape index (κ1) is 33.5. The number of nitrogens with zero attached hydrogens (tertiary/aromatic N) is 2. The molecule has 13 nitrogen and oxygen atoms in total. The number of halogens is 6. The number of amides is 1. The number of benzene rings is 1. The van der Waals surface area contributed by atoms with Gasteiger partial charge >= 0.3 is 18.3 Å². The Morgan fingerprint density at radius 2 is 1.52 bits per heavy atom. The summed E-state index contributed by atoms with van der Waals surface area (Å²) in [4.78, 5) is 38.4. The molecule has 8 N–H and O–H groups in total. The molecule has 0 saturated carbocycles. The molecule has 1 aromatic carbocycles. The van der Waals surface area contributed by atoms with Crippen molar-refractivity contribution in [1.82, 2.24) is 4.57 Å². The van der Waals surface area contributed by atoms with Crippen LogP contribution in [-0.2, 0) is 30.6 Å². The quantitative estimate of drug-likeness (QED) is 0.126. The summed E-state index contributed by atoms with van der Waals surface area (Å²) in [7, 11) is -4.45. The van der Waals surface area contributed by atoms with E-state index in [4.69, 9.17) is 31.9 Å². The zero-order chi connectivity index (χ0) is 31.2. The number of pyridine rings is 1.